The van der Waals surface area contributed by atoms with Crippen molar-refractivity contribution in [1.29, 1.82) is 0 Å². The number of fused-ring (bicyclic) bond motifs is 1. The first kappa shape index (κ1) is 11.2. The molecule has 0 radical (unpaired) electrons. The first-order valence-electron chi connectivity index (χ1n) is 5.77. The summed E-state index contributed by atoms with van der Waals surface area (Å²) in [4.78, 5) is 11.2. The molecule has 1 aliphatic rings. The molecule has 0 fully saturated rings. The average molecular weight is 218 g/mol. The molecule has 0 aromatic heterocycles. The molecule has 0 atom stereocenters. The van der Waals surface area contributed by atoms with E-state index in [9.17, 15) is 4.79 Å². The molecule has 0 aliphatic carbocycles. The number of carbonyl (C=O) groups is 1. The Kier molecular flexibility index (Phi) is 2.75. The highest BCUT2D eigenvalue weighted by atomic mass is 16.5. The highest BCUT2D eigenvalue weighted by molar-refractivity contribution is 5.79. The van der Waals surface area contributed by atoms with Crippen molar-refractivity contribution in [3.05, 3.63) is 29.3 Å². The smallest absolute Gasteiger partial charge is 0.134 e. The summed E-state index contributed by atoms with van der Waals surface area (Å²) >= 11 is 0. The topological polar surface area (TPSA) is 26.3 Å². The monoisotopic (exact) mass is 218 g/mol. The lowest BCUT2D eigenvalue weighted by atomic mass is 9.92. The van der Waals surface area contributed by atoms with Gasteiger partial charge in [-0.3, -0.25) is 4.79 Å². The van der Waals surface area contributed by atoms with Crippen LogP contribution in [0.2, 0.25) is 0 Å². The molecule has 0 bridgehead atoms. The Morgan fingerprint density at radius 1 is 1.44 bits per heavy atom. The third-order valence-electron chi connectivity index (χ3n) is 2.99. The van der Waals surface area contributed by atoms with Crippen LogP contribution >= 0.6 is 0 Å². The van der Waals surface area contributed by atoms with E-state index in [-0.39, 0.29) is 11.4 Å². The molecule has 86 valence electrons. The van der Waals surface area contributed by atoms with Crippen LogP contribution in [0.4, 0.5) is 0 Å². The van der Waals surface area contributed by atoms with E-state index in [4.69, 9.17) is 4.74 Å². The number of aryl methyl sites for hydroxylation is 1. The largest absolute Gasteiger partial charge is 0.487 e. The summed E-state index contributed by atoms with van der Waals surface area (Å²) in [5.74, 6) is 1.12. The summed E-state index contributed by atoms with van der Waals surface area (Å²) < 4.78 is 6.00. The molecule has 1 aromatic rings. The van der Waals surface area contributed by atoms with Gasteiger partial charge >= 0.3 is 0 Å². The van der Waals surface area contributed by atoms with Crippen LogP contribution in [0, 0.1) is 0 Å². The number of para-hydroxylation sites is 1. The lowest BCUT2D eigenvalue weighted by molar-refractivity contribution is -0.116. The Balaban J connectivity index is 2.38. The Labute approximate surface area is 96.6 Å². The normalized spacial score (nSPS) is 17.4. The number of rotatable bonds is 2. The van der Waals surface area contributed by atoms with Gasteiger partial charge in [-0.25, -0.2) is 0 Å². The van der Waals surface area contributed by atoms with Gasteiger partial charge in [0.25, 0.3) is 0 Å². The molecule has 1 heterocycles. The van der Waals surface area contributed by atoms with E-state index in [0.717, 1.165) is 24.2 Å². The van der Waals surface area contributed by atoms with Gasteiger partial charge in [0.1, 0.15) is 17.1 Å². The van der Waals surface area contributed by atoms with Gasteiger partial charge in [0, 0.05) is 12.0 Å². The van der Waals surface area contributed by atoms with Crippen LogP contribution in [0.3, 0.4) is 0 Å². The second kappa shape index (κ2) is 3.93. The summed E-state index contributed by atoms with van der Waals surface area (Å²) in [6.45, 7) is 5.81. The third kappa shape index (κ3) is 2.26. The molecular formula is C14H18O2. The Morgan fingerprint density at radius 3 is 2.88 bits per heavy atom. The van der Waals surface area contributed by atoms with E-state index in [1.54, 1.807) is 6.92 Å². The van der Waals surface area contributed by atoms with Crippen LogP contribution in [-0.4, -0.2) is 11.4 Å². The molecular weight excluding hydrogens is 200 g/mol. The number of ether oxygens (including phenoxy) is 1. The third-order valence-corrected chi connectivity index (χ3v) is 2.99. The van der Waals surface area contributed by atoms with Gasteiger partial charge in [-0.05, 0) is 39.2 Å². The van der Waals surface area contributed by atoms with Crippen molar-refractivity contribution in [3.8, 4) is 5.75 Å². The number of hydrogen-bond acceptors (Lipinski definition) is 2. The van der Waals surface area contributed by atoms with Crippen LogP contribution in [0.15, 0.2) is 18.2 Å². The van der Waals surface area contributed by atoms with Gasteiger partial charge < -0.3 is 4.74 Å². The summed E-state index contributed by atoms with van der Waals surface area (Å²) in [6, 6.07) is 6.09. The zero-order valence-electron chi connectivity index (χ0n) is 10.2. The maximum atomic E-state index is 11.2. The van der Waals surface area contributed by atoms with Crippen molar-refractivity contribution in [2.45, 2.75) is 45.6 Å². The van der Waals surface area contributed by atoms with Gasteiger partial charge in [-0.2, -0.15) is 0 Å². The lowest BCUT2D eigenvalue weighted by Crippen LogP contribution is -2.33. The molecule has 0 saturated heterocycles. The van der Waals surface area contributed by atoms with E-state index in [2.05, 4.69) is 19.9 Å². The summed E-state index contributed by atoms with van der Waals surface area (Å²) in [7, 11) is 0. The van der Waals surface area contributed by atoms with E-state index >= 15 is 0 Å². The van der Waals surface area contributed by atoms with Crippen molar-refractivity contribution in [2.24, 2.45) is 0 Å². The number of Topliss-reactive ketones (excluding diaryl/α,β-unsaturated/α-hetero) is 1. The Morgan fingerprint density at radius 2 is 2.19 bits per heavy atom. The van der Waals surface area contributed by atoms with Crippen molar-refractivity contribution in [1.82, 2.24) is 0 Å². The average Bonchev–Trinajstić information content (AvgIpc) is 2.17. The van der Waals surface area contributed by atoms with Gasteiger partial charge in [-0.1, -0.05) is 18.2 Å². The van der Waals surface area contributed by atoms with Crippen LogP contribution in [0.5, 0.6) is 5.75 Å². The van der Waals surface area contributed by atoms with E-state index in [1.165, 1.54) is 5.56 Å². The van der Waals surface area contributed by atoms with Gasteiger partial charge in [-0.15, -0.1) is 0 Å². The molecule has 2 heteroatoms. The molecule has 2 rings (SSSR count). The zero-order valence-corrected chi connectivity index (χ0v) is 10.2. The first-order valence-corrected chi connectivity index (χ1v) is 5.77. The molecule has 1 aromatic carbocycles. The fraction of sp³-hybridized carbons (Fsp3) is 0.500. The Bertz CT molecular complexity index is 419. The van der Waals surface area contributed by atoms with Gasteiger partial charge in [0.15, 0.2) is 0 Å². The van der Waals surface area contributed by atoms with Crippen LogP contribution in [-0.2, 0) is 17.6 Å². The predicted octanol–water partition coefficient (Wildman–Crippen LogP) is 2.92. The molecule has 0 saturated carbocycles. The molecule has 16 heavy (non-hydrogen) atoms. The molecule has 0 spiro atoms. The zero-order chi connectivity index (χ0) is 11.8. The van der Waals surface area contributed by atoms with Crippen LogP contribution in [0.25, 0.3) is 0 Å². The molecule has 0 unspecified atom stereocenters. The maximum Gasteiger partial charge on any atom is 0.134 e. The van der Waals surface area contributed by atoms with Gasteiger partial charge in [0.2, 0.25) is 0 Å². The van der Waals surface area contributed by atoms with Crippen molar-refractivity contribution in [2.75, 3.05) is 0 Å². The minimum absolute atomic E-state index is 0.111. The Hall–Kier alpha value is -1.31. The first-order chi connectivity index (χ1) is 7.48. The quantitative estimate of drug-likeness (QED) is 0.763. The predicted molar refractivity (Wildman–Crippen MR) is 63.9 cm³/mol. The highest BCUT2D eigenvalue weighted by Crippen LogP contribution is 2.35. The number of hydrogen-bond donors (Lipinski definition) is 0. The second-order valence-electron chi connectivity index (χ2n) is 5.15. The number of benzene rings is 1. The molecule has 0 amide bonds. The van der Waals surface area contributed by atoms with E-state index in [1.807, 2.05) is 12.1 Å². The SMILES string of the molecule is CC(=O)Cc1cccc2c1OC(C)(C)CC2. The van der Waals surface area contributed by atoms with Gasteiger partial charge in [0.05, 0.1) is 0 Å². The summed E-state index contributed by atoms with van der Waals surface area (Å²) in [6.07, 6.45) is 2.54. The van der Waals surface area contributed by atoms with Crippen LogP contribution < -0.4 is 4.74 Å². The fourth-order valence-electron chi connectivity index (χ4n) is 2.14. The fourth-order valence-corrected chi connectivity index (χ4v) is 2.14. The van der Waals surface area contributed by atoms with Crippen LogP contribution in [0.1, 0.15) is 38.3 Å². The van der Waals surface area contributed by atoms with Crippen molar-refractivity contribution < 1.29 is 9.53 Å². The number of carbonyl (C=O) groups excluding carboxylic acids is 1. The molecule has 2 nitrogen and oxygen atoms in total. The molecule has 1 aliphatic heterocycles. The minimum atomic E-state index is -0.111. The summed E-state index contributed by atoms with van der Waals surface area (Å²) in [5, 5.41) is 0. The molecule has 0 N–H and O–H groups in total. The maximum absolute atomic E-state index is 11.2. The highest BCUT2D eigenvalue weighted by Gasteiger charge is 2.28. The second-order valence-corrected chi connectivity index (χ2v) is 5.15. The summed E-state index contributed by atoms with van der Waals surface area (Å²) in [5.41, 5.74) is 2.15. The standard InChI is InChI=1S/C14H18O2/c1-10(15)9-12-6-4-5-11-7-8-14(2,3)16-13(11)12/h4-6H,7-9H2,1-3H3. The minimum Gasteiger partial charge on any atom is -0.487 e. The van der Waals surface area contributed by atoms with Crippen molar-refractivity contribution in [3.63, 3.8) is 0 Å². The van der Waals surface area contributed by atoms with Crippen molar-refractivity contribution >= 4 is 5.78 Å². The number of ketones is 1. The van der Waals surface area contributed by atoms with E-state index < -0.39 is 0 Å². The van der Waals surface area contributed by atoms with E-state index in [0.29, 0.717) is 6.42 Å². The lowest BCUT2D eigenvalue weighted by Gasteiger charge is -2.33.